The first-order valence-corrected chi connectivity index (χ1v) is 22.5. The maximum Gasteiger partial charge on any atom is 0.306 e. The van der Waals surface area contributed by atoms with Crippen LogP contribution >= 0.6 is 0 Å². The first-order valence-electron chi connectivity index (χ1n) is 22.5. The second-order valence-corrected chi connectivity index (χ2v) is 14.4. The number of unbranched alkanes of at least 4 members (excludes halogenated alkanes) is 15. The van der Waals surface area contributed by atoms with Gasteiger partial charge in [-0.2, -0.15) is 0 Å². The largest absolute Gasteiger partial charge is 0.462 e. The third-order valence-corrected chi connectivity index (χ3v) is 8.93. The monoisotopic (exact) mass is 789 g/mol. The zero-order valence-corrected chi connectivity index (χ0v) is 36.3. The molecule has 0 saturated heterocycles. The minimum absolute atomic E-state index is 0.118. The van der Waals surface area contributed by atoms with Gasteiger partial charge in [0.15, 0.2) is 6.10 Å². The lowest BCUT2D eigenvalue weighted by atomic mass is 10.1. The van der Waals surface area contributed by atoms with Crippen molar-refractivity contribution in [2.24, 2.45) is 0 Å². The second-order valence-electron chi connectivity index (χ2n) is 14.4. The number of rotatable bonds is 38. The average Bonchev–Trinajstić information content (AvgIpc) is 3.21. The molecule has 0 radical (unpaired) electrons. The van der Waals surface area contributed by atoms with Gasteiger partial charge in [-0.25, -0.2) is 0 Å². The minimum atomic E-state index is -0.820. The van der Waals surface area contributed by atoms with Gasteiger partial charge in [0.1, 0.15) is 13.2 Å². The molecule has 1 unspecified atom stereocenters. The van der Waals surface area contributed by atoms with Gasteiger partial charge in [0.25, 0.3) is 0 Å². The van der Waals surface area contributed by atoms with Crippen molar-refractivity contribution in [2.45, 2.75) is 181 Å². The van der Waals surface area contributed by atoms with Crippen LogP contribution in [0.25, 0.3) is 0 Å². The summed E-state index contributed by atoms with van der Waals surface area (Å²) >= 11 is 0. The SMILES string of the molecule is CC/C=C/C=C/C=C/C=C/CCCCCC(=O)OCC(COC(=O)CCCCC/C=C/CCCCCCCC)OC(=O)CCCCC/C=C/C=C/C=C/C=C/CC. The summed E-state index contributed by atoms with van der Waals surface area (Å²) in [6.07, 6.45) is 59.3. The van der Waals surface area contributed by atoms with Gasteiger partial charge in [-0.1, -0.05) is 182 Å². The molecule has 6 nitrogen and oxygen atoms in total. The number of carbonyl (C=O) groups excluding carboxylic acids is 3. The maximum absolute atomic E-state index is 12.7. The Morgan fingerprint density at radius 3 is 1.12 bits per heavy atom. The molecule has 0 heterocycles. The van der Waals surface area contributed by atoms with E-state index in [4.69, 9.17) is 14.2 Å². The summed E-state index contributed by atoms with van der Waals surface area (Å²) in [5.41, 5.74) is 0. The average molecular weight is 789 g/mol. The van der Waals surface area contributed by atoms with Crippen LogP contribution in [0.15, 0.2) is 109 Å². The van der Waals surface area contributed by atoms with Crippen molar-refractivity contribution in [1.29, 1.82) is 0 Å². The van der Waals surface area contributed by atoms with Crippen molar-refractivity contribution in [3.05, 3.63) is 109 Å². The number of ether oxygens (including phenoxy) is 3. The number of carbonyl (C=O) groups is 3. The van der Waals surface area contributed by atoms with Gasteiger partial charge in [-0.3, -0.25) is 14.4 Å². The summed E-state index contributed by atoms with van der Waals surface area (Å²) in [7, 11) is 0. The molecule has 0 amide bonds. The van der Waals surface area contributed by atoms with Crippen LogP contribution in [-0.4, -0.2) is 37.2 Å². The Labute approximate surface area is 349 Å². The number of esters is 3. The molecule has 0 rings (SSSR count). The molecule has 6 heteroatoms. The van der Waals surface area contributed by atoms with Crippen LogP contribution < -0.4 is 0 Å². The molecule has 0 aliphatic heterocycles. The lowest BCUT2D eigenvalue weighted by Gasteiger charge is -2.18. The fourth-order valence-electron chi connectivity index (χ4n) is 5.57. The lowest BCUT2D eigenvalue weighted by molar-refractivity contribution is -0.167. The van der Waals surface area contributed by atoms with E-state index in [0.29, 0.717) is 19.3 Å². The summed E-state index contributed by atoms with van der Waals surface area (Å²) < 4.78 is 16.6. The van der Waals surface area contributed by atoms with Crippen molar-refractivity contribution >= 4 is 17.9 Å². The van der Waals surface area contributed by atoms with Gasteiger partial charge in [0, 0.05) is 19.3 Å². The third-order valence-electron chi connectivity index (χ3n) is 8.93. The van der Waals surface area contributed by atoms with E-state index in [9.17, 15) is 14.4 Å². The summed E-state index contributed by atoms with van der Waals surface area (Å²) in [5.74, 6) is -1.03. The number of hydrogen-bond acceptors (Lipinski definition) is 6. The minimum Gasteiger partial charge on any atom is -0.462 e. The van der Waals surface area contributed by atoms with Gasteiger partial charge < -0.3 is 14.2 Å². The van der Waals surface area contributed by atoms with Crippen molar-refractivity contribution in [3.63, 3.8) is 0 Å². The molecule has 0 aromatic heterocycles. The normalized spacial score (nSPS) is 13.1. The maximum atomic E-state index is 12.7. The highest BCUT2D eigenvalue weighted by molar-refractivity contribution is 5.71. The highest BCUT2D eigenvalue weighted by Gasteiger charge is 2.19. The van der Waals surface area contributed by atoms with Crippen LogP contribution in [0.1, 0.15) is 175 Å². The van der Waals surface area contributed by atoms with Gasteiger partial charge in [0.2, 0.25) is 0 Å². The first-order chi connectivity index (χ1) is 28.0. The Balaban J connectivity index is 4.57. The molecule has 0 aromatic carbocycles. The zero-order chi connectivity index (χ0) is 41.5. The lowest BCUT2D eigenvalue weighted by Crippen LogP contribution is -2.30. The molecule has 0 saturated carbocycles. The summed E-state index contributed by atoms with van der Waals surface area (Å²) in [6.45, 7) is 6.23. The number of hydrogen-bond donors (Lipinski definition) is 0. The fraction of sp³-hybridized carbons (Fsp3) is 0.588. The highest BCUT2D eigenvalue weighted by Crippen LogP contribution is 2.11. The predicted molar refractivity (Wildman–Crippen MR) is 242 cm³/mol. The predicted octanol–water partition coefficient (Wildman–Crippen LogP) is 14.4. The van der Waals surface area contributed by atoms with E-state index in [0.717, 1.165) is 89.9 Å². The Kier molecular flexibility index (Phi) is 41.7. The van der Waals surface area contributed by atoms with Crippen LogP contribution in [0.3, 0.4) is 0 Å². The molecule has 320 valence electrons. The van der Waals surface area contributed by atoms with Crippen molar-refractivity contribution in [1.82, 2.24) is 0 Å². The molecule has 57 heavy (non-hydrogen) atoms. The Bertz CT molecular complexity index is 1230. The molecular formula is C51H80O6. The van der Waals surface area contributed by atoms with Gasteiger partial charge in [-0.05, 0) is 83.5 Å². The van der Waals surface area contributed by atoms with Crippen LogP contribution in [-0.2, 0) is 28.6 Å². The van der Waals surface area contributed by atoms with E-state index >= 15 is 0 Å². The second kappa shape index (κ2) is 44.8. The first kappa shape index (κ1) is 53.1. The van der Waals surface area contributed by atoms with Crippen LogP contribution in [0.5, 0.6) is 0 Å². The smallest absolute Gasteiger partial charge is 0.306 e. The summed E-state index contributed by atoms with van der Waals surface area (Å²) in [4.78, 5) is 37.7. The zero-order valence-electron chi connectivity index (χ0n) is 36.3. The summed E-state index contributed by atoms with van der Waals surface area (Å²) in [5, 5.41) is 0. The number of allylic oxidation sites excluding steroid dienone is 18. The molecule has 0 spiro atoms. The quantitative estimate of drug-likeness (QED) is 0.0204. The van der Waals surface area contributed by atoms with E-state index in [-0.39, 0.29) is 37.5 Å². The third kappa shape index (κ3) is 43.0. The van der Waals surface area contributed by atoms with Gasteiger partial charge in [-0.15, -0.1) is 0 Å². The Morgan fingerprint density at radius 2 is 0.702 bits per heavy atom. The van der Waals surface area contributed by atoms with Gasteiger partial charge in [0.05, 0.1) is 0 Å². The molecule has 0 bridgehead atoms. The molecule has 0 aliphatic rings. The molecule has 0 aromatic rings. The van der Waals surface area contributed by atoms with Gasteiger partial charge >= 0.3 is 17.9 Å². The molecule has 0 N–H and O–H groups in total. The molecule has 1 atom stereocenters. The molecular weight excluding hydrogens is 709 g/mol. The van der Waals surface area contributed by atoms with Crippen molar-refractivity contribution in [3.8, 4) is 0 Å². The topological polar surface area (TPSA) is 78.9 Å². The van der Waals surface area contributed by atoms with E-state index in [1.807, 2.05) is 72.9 Å². The van der Waals surface area contributed by atoms with Crippen molar-refractivity contribution < 1.29 is 28.6 Å². The Hall–Kier alpha value is -3.93. The van der Waals surface area contributed by atoms with E-state index in [1.54, 1.807) is 0 Å². The Morgan fingerprint density at radius 1 is 0.368 bits per heavy atom. The fourth-order valence-corrected chi connectivity index (χ4v) is 5.57. The van der Waals surface area contributed by atoms with E-state index in [2.05, 4.69) is 57.2 Å². The molecule has 0 aliphatic carbocycles. The highest BCUT2D eigenvalue weighted by atomic mass is 16.6. The van der Waals surface area contributed by atoms with E-state index in [1.165, 1.54) is 38.5 Å². The van der Waals surface area contributed by atoms with Crippen LogP contribution in [0.2, 0.25) is 0 Å². The van der Waals surface area contributed by atoms with E-state index < -0.39 is 6.10 Å². The summed E-state index contributed by atoms with van der Waals surface area (Å²) in [6, 6.07) is 0. The van der Waals surface area contributed by atoms with Crippen LogP contribution in [0, 0.1) is 0 Å². The van der Waals surface area contributed by atoms with Crippen LogP contribution in [0.4, 0.5) is 0 Å². The molecule has 0 fully saturated rings. The standard InChI is InChI=1S/C51H80O6/c1-4-7-10-13-16-19-22-25-28-31-34-37-40-43-49(52)55-46-48(57-51(54)45-42-39-36-33-30-27-24-21-18-15-12-9-6-3)47-56-50(53)44-41-38-35-32-29-26-23-20-17-14-11-8-5-2/h7,9-10,12-13,15-16,18-19,21-22,24-30,48H,4-6,8,11,14,17,20,23,31-47H2,1-3H3/b10-7+,12-9+,16-13+,18-15+,22-19+,24-21+,28-25+,29-26+,30-27+. The van der Waals surface area contributed by atoms with Crippen molar-refractivity contribution in [2.75, 3.05) is 13.2 Å².